The average molecular weight is 571 g/mol. The summed E-state index contributed by atoms with van der Waals surface area (Å²) in [7, 11) is 3.15. The van der Waals surface area contributed by atoms with E-state index in [0.717, 1.165) is 5.56 Å². The molecule has 41 heavy (non-hydrogen) atoms. The predicted octanol–water partition coefficient (Wildman–Crippen LogP) is 4.35. The molecule has 0 saturated carbocycles. The van der Waals surface area contributed by atoms with Crippen LogP contribution in [0.1, 0.15) is 36.6 Å². The van der Waals surface area contributed by atoms with Crippen molar-refractivity contribution in [3.05, 3.63) is 115 Å². The minimum atomic E-state index is -0.797. The van der Waals surface area contributed by atoms with Gasteiger partial charge in [0.05, 0.1) is 49.3 Å². The molecule has 210 valence electrons. The van der Waals surface area contributed by atoms with Crippen molar-refractivity contribution in [3.8, 4) is 17.2 Å². The largest absolute Gasteiger partial charge is 0.497 e. The highest BCUT2D eigenvalue weighted by atomic mass is 32.1. The van der Waals surface area contributed by atoms with Gasteiger partial charge in [0.15, 0.2) is 16.3 Å². The van der Waals surface area contributed by atoms with Gasteiger partial charge in [0.1, 0.15) is 5.75 Å². The van der Waals surface area contributed by atoms with Crippen LogP contribution in [0.2, 0.25) is 0 Å². The van der Waals surface area contributed by atoms with Gasteiger partial charge in [0.25, 0.3) is 5.56 Å². The Bertz CT molecular complexity index is 1790. The van der Waals surface area contributed by atoms with Gasteiger partial charge in [-0.3, -0.25) is 9.36 Å². The van der Waals surface area contributed by atoms with Crippen molar-refractivity contribution in [2.75, 3.05) is 27.4 Å². The van der Waals surface area contributed by atoms with Crippen molar-refractivity contribution in [2.45, 2.75) is 19.9 Å². The SMILES string of the molecule is CCOC(=O)C1=C(c2ccccc2)N=c2s/c(=C\c3cccc(OC)c3OCC)c(=O)n2[C@H]1c1cccc(OC)c1. The lowest BCUT2D eigenvalue weighted by Gasteiger charge is -2.26. The maximum atomic E-state index is 14.2. The minimum Gasteiger partial charge on any atom is -0.497 e. The number of ether oxygens (including phenoxy) is 4. The fourth-order valence-electron chi connectivity index (χ4n) is 4.81. The fourth-order valence-corrected chi connectivity index (χ4v) is 5.81. The average Bonchev–Trinajstić information content (AvgIpc) is 3.31. The second-order valence-electron chi connectivity index (χ2n) is 9.02. The number of hydrogen-bond donors (Lipinski definition) is 0. The zero-order valence-corrected chi connectivity index (χ0v) is 24.1. The first-order chi connectivity index (χ1) is 20.0. The first kappa shape index (κ1) is 27.9. The van der Waals surface area contributed by atoms with Gasteiger partial charge in [0, 0.05) is 11.1 Å². The summed E-state index contributed by atoms with van der Waals surface area (Å²) in [4.78, 5) is 33.1. The van der Waals surface area contributed by atoms with Gasteiger partial charge in [-0.1, -0.05) is 65.9 Å². The van der Waals surface area contributed by atoms with Crippen LogP contribution in [-0.4, -0.2) is 38.0 Å². The number of methoxy groups -OCH3 is 2. The lowest BCUT2D eigenvalue weighted by atomic mass is 9.93. The van der Waals surface area contributed by atoms with E-state index in [0.29, 0.717) is 50.0 Å². The van der Waals surface area contributed by atoms with E-state index in [2.05, 4.69) is 0 Å². The molecule has 5 rings (SSSR count). The molecule has 0 unspecified atom stereocenters. The first-order valence-corrected chi connectivity index (χ1v) is 14.0. The van der Waals surface area contributed by atoms with E-state index in [1.807, 2.05) is 79.7 Å². The minimum absolute atomic E-state index is 0.176. The lowest BCUT2D eigenvalue weighted by molar-refractivity contribution is -0.138. The van der Waals surface area contributed by atoms with E-state index in [1.165, 1.54) is 11.3 Å². The maximum Gasteiger partial charge on any atom is 0.338 e. The number of rotatable bonds is 9. The summed E-state index contributed by atoms with van der Waals surface area (Å²) in [5.41, 5.74) is 2.58. The standard InChI is InChI=1S/C32H30N2O6S/c1-5-39-29-22(15-11-17-24(29)38-4)19-25-30(35)34-28(21-14-10-16-23(18-21)37-3)26(31(36)40-6-2)27(33-32(34)41-25)20-12-8-7-9-13-20/h7-19,28H,5-6H2,1-4H3/b25-19-/t28-/m0/s1. The van der Waals surface area contributed by atoms with Crippen molar-refractivity contribution in [1.82, 2.24) is 4.57 Å². The van der Waals surface area contributed by atoms with Gasteiger partial charge in [-0.15, -0.1) is 0 Å². The maximum absolute atomic E-state index is 14.2. The highest BCUT2D eigenvalue weighted by Crippen LogP contribution is 2.36. The van der Waals surface area contributed by atoms with Crippen LogP contribution in [-0.2, 0) is 9.53 Å². The molecule has 0 fully saturated rings. The number of carbonyl (C=O) groups is 1. The van der Waals surface area contributed by atoms with E-state index < -0.39 is 12.0 Å². The summed E-state index contributed by atoms with van der Waals surface area (Å²) in [5.74, 6) is 1.18. The van der Waals surface area contributed by atoms with Crippen LogP contribution in [0.25, 0.3) is 11.8 Å². The molecule has 0 radical (unpaired) electrons. The summed E-state index contributed by atoms with van der Waals surface area (Å²) in [6.07, 6.45) is 1.77. The quantitative estimate of drug-likeness (QED) is 0.278. The molecule has 0 N–H and O–H groups in total. The molecule has 4 aromatic rings. The Labute approximate surface area is 241 Å². The smallest absolute Gasteiger partial charge is 0.338 e. The van der Waals surface area contributed by atoms with E-state index in [4.69, 9.17) is 23.9 Å². The molecule has 1 aromatic heterocycles. The third-order valence-corrected chi connectivity index (χ3v) is 7.57. The molecule has 8 nitrogen and oxygen atoms in total. The molecule has 1 atom stereocenters. The Hall–Kier alpha value is -4.63. The Morgan fingerprint density at radius 2 is 1.76 bits per heavy atom. The van der Waals surface area contributed by atoms with Crippen molar-refractivity contribution >= 4 is 29.1 Å². The van der Waals surface area contributed by atoms with Crippen LogP contribution in [0.4, 0.5) is 0 Å². The highest BCUT2D eigenvalue weighted by molar-refractivity contribution is 7.07. The molecule has 3 aromatic carbocycles. The normalized spacial score (nSPS) is 14.7. The number of carbonyl (C=O) groups excluding carboxylic acids is 1. The van der Waals surface area contributed by atoms with Crippen molar-refractivity contribution < 1.29 is 23.7 Å². The summed E-state index contributed by atoms with van der Waals surface area (Å²) in [5, 5.41) is 0. The number of hydrogen-bond acceptors (Lipinski definition) is 8. The van der Waals surface area contributed by atoms with Crippen LogP contribution >= 0.6 is 11.3 Å². The number of thiazole rings is 1. The molecule has 0 aliphatic carbocycles. The van der Waals surface area contributed by atoms with Crippen LogP contribution < -0.4 is 29.1 Å². The van der Waals surface area contributed by atoms with Gasteiger partial charge < -0.3 is 18.9 Å². The molecule has 1 aliphatic heterocycles. The summed E-state index contributed by atoms with van der Waals surface area (Å²) in [6.45, 7) is 4.25. The Morgan fingerprint density at radius 3 is 2.46 bits per heavy atom. The molecule has 0 saturated heterocycles. The number of nitrogens with zero attached hydrogens (tertiary/aromatic N) is 2. The molecule has 1 aliphatic rings. The second-order valence-corrected chi connectivity index (χ2v) is 10.0. The third-order valence-electron chi connectivity index (χ3n) is 6.59. The molecular weight excluding hydrogens is 540 g/mol. The second kappa shape index (κ2) is 12.3. The van der Waals surface area contributed by atoms with Gasteiger partial charge in [-0.05, 0) is 43.7 Å². The van der Waals surface area contributed by atoms with Crippen molar-refractivity contribution in [2.24, 2.45) is 4.99 Å². The van der Waals surface area contributed by atoms with E-state index in [9.17, 15) is 9.59 Å². The van der Waals surface area contributed by atoms with Gasteiger partial charge in [0.2, 0.25) is 0 Å². The molecule has 0 bridgehead atoms. The Balaban J connectivity index is 1.83. The number of esters is 1. The Morgan fingerprint density at radius 1 is 0.976 bits per heavy atom. The number of para-hydroxylation sites is 1. The number of fused-ring (bicyclic) bond motifs is 1. The summed E-state index contributed by atoms with van der Waals surface area (Å²) >= 11 is 1.25. The number of aromatic nitrogens is 1. The zero-order valence-electron chi connectivity index (χ0n) is 23.2. The monoisotopic (exact) mass is 570 g/mol. The lowest BCUT2D eigenvalue weighted by Crippen LogP contribution is -2.40. The molecule has 2 heterocycles. The zero-order chi connectivity index (χ0) is 28.9. The molecular formula is C32H30N2O6S. The van der Waals surface area contributed by atoms with E-state index in [-0.39, 0.29) is 17.7 Å². The molecule has 0 amide bonds. The topological polar surface area (TPSA) is 88.4 Å². The molecule has 9 heteroatoms. The van der Waals surface area contributed by atoms with Gasteiger partial charge in [-0.2, -0.15) is 0 Å². The van der Waals surface area contributed by atoms with Crippen LogP contribution in [0.5, 0.6) is 17.2 Å². The predicted molar refractivity (Wildman–Crippen MR) is 158 cm³/mol. The summed E-state index contributed by atoms with van der Waals surface area (Å²) < 4.78 is 24.4. The third kappa shape index (κ3) is 5.40. The van der Waals surface area contributed by atoms with Crippen LogP contribution in [0.15, 0.2) is 88.2 Å². The van der Waals surface area contributed by atoms with Crippen molar-refractivity contribution in [3.63, 3.8) is 0 Å². The van der Waals surface area contributed by atoms with Crippen molar-refractivity contribution in [1.29, 1.82) is 0 Å². The van der Waals surface area contributed by atoms with Crippen LogP contribution in [0, 0.1) is 0 Å². The van der Waals surface area contributed by atoms with Gasteiger partial charge >= 0.3 is 5.97 Å². The van der Waals surface area contributed by atoms with E-state index >= 15 is 0 Å². The van der Waals surface area contributed by atoms with E-state index in [1.54, 1.807) is 31.8 Å². The van der Waals surface area contributed by atoms with Crippen LogP contribution in [0.3, 0.4) is 0 Å². The fraction of sp³-hybridized carbons (Fsp3) is 0.219. The summed E-state index contributed by atoms with van der Waals surface area (Å²) in [6, 6.07) is 21.5. The highest BCUT2D eigenvalue weighted by Gasteiger charge is 2.35. The molecule has 0 spiro atoms. The number of benzene rings is 3. The van der Waals surface area contributed by atoms with Gasteiger partial charge in [-0.25, -0.2) is 9.79 Å². The first-order valence-electron chi connectivity index (χ1n) is 13.2. The Kier molecular flexibility index (Phi) is 8.35.